The van der Waals surface area contributed by atoms with E-state index in [1.54, 1.807) is 13.0 Å². The summed E-state index contributed by atoms with van der Waals surface area (Å²) >= 11 is 0. The van der Waals surface area contributed by atoms with Gasteiger partial charge in [0.15, 0.2) is 0 Å². The van der Waals surface area contributed by atoms with Crippen molar-refractivity contribution in [2.24, 2.45) is 0 Å². The second-order valence-corrected chi connectivity index (χ2v) is 3.79. The molecule has 20 heavy (non-hydrogen) atoms. The van der Waals surface area contributed by atoms with Gasteiger partial charge in [-0.05, 0) is 64.2 Å². The predicted molar refractivity (Wildman–Crippen MR) is 81.4 cm³/mol. The van der Waals surface area contributed by atoms with Crippen LogP contribution in [0.3, 0.4) is 0 Å². The largest absolute Gasteiger partial charge is 2.00 e. The number of nitrogens with zero attached hydrogens (tertiary/aromatic N) is 1. The first-order chi connectivity index (χ1) is 9.30. The van der Waals surface area contributed by atoms with Gasteiger partial charge in [-0.1, -0.05) is 6.92 Å². The van der Waals surface area contributed by atoms with Crippen LogP contribution in [0.1, 0.15) is 12.5 Å². The fraction of sp³-hybridized carbons (Fsp3) is 0.0556. The zero-order valence-corrected chi connectivity index (χ0v) is 14.0. The normalized spacial score (nSPS) is 16.1. The van der Waals surface area contributed by atoms with E-state index in [0.717, 1.165) is 5.56 Å². The molecule has 2 fully saturated rings. The van der Waals surface area contributed by atoms with Gasteiger partial charge in [0.25, 0.3) is 0 Å². The van der Waals surface area contributed by atoms with E-state index in [0.29, 0.717) is 5.71 Å². The Morgan fingerprint density at radius 3 is 1.40 bits per heavy atom. The Labute approximate surface area is 144 Å². The Hall–Kier alpha value is -0.227. The summed E-state index contributed by atoms with van der Waals surface area (Å²) in [6, 6.07) is 10.2. The first-order valence-corrected chi connectivity index (χ1v) is 6.13. The van der Waals surface area contributed by atoms with E-state index in [9.17, 15) is 0 Å². The van der Waals surface area contributed by atoms with Crippen molar-refractivity contribution in [2.45, 2.75) is 6.92 Å². The molecule has 2 aliphatic rings. The quantitative estimate of drug-likeness (QED) is 0.547. The van der Waals surface area contributed by atoms with Crippen LogP contribution in [0.5, 0.6) is 0 Å². The van der Waals surface area contributed by atoms with E-state index in [-0.39, 0.29) is 26.2 Å². The molecule has 0 atom stereocenters. The minimum absolute atomic E-state index is 0. The molecule has 0 aromatic heterocycles. The van der Waals surface area contributed by atoms with E-state index in [1.165, 1.54) is 0 Å². The Bertz CT molecular complexity index is 301. The maximum Gasteiger partial charge on any atom is 2.00 e. The van der Waals surface area contributed by atoms with E-state index in [2.05, 4.69) is 6.07 Å². The summed E-state index contributed by atoms with van der Waals surface area (Å²) in [6.45, 7) is 1.64. The molecule has 0 unspecified atom stereocenters. The van der Waals surface area contributed by atoms with Crippen LogP contribution in [-0.4, -0.2) is 5.71 Å². The second kappa shape index (κ2) is 13.7. The van der Waals surface area contributed by atoms with Crippen LogP contribution in [0.15, 0.2) is 24.3 Å². The summed E-state index contributed by atoms with van der Waals surface area (Å²) in [6.07, 6.45) is 20.0. The molecular weight excluding hydrogens is 321 g/mol. The van der Waals surface area contributed by atoms with Crippen molar-refractivity contribution in [2.75, 3.05) is 0 Å². The van der Waals surface area contributed by atoms with Crippen molar-refractivity contribution >= 4 is 5.71 Å². The van der Waals surface area contributed by atoms with Crippen LogP contribution in [0, 0.1) is 70.3 Å². The summed E-state index contributed by atoms with van der Waals surface area (Å²) in [5.41, 5.74) is 1.08. The Kier molecular flexibility index (Phi) is 13.6. The molecule has 0 saturated heterocycles. The van der Waals surface area contributed by atoms with Gasteiger partial charge in [-0.25, -0.2) is 0 Å². The molecule has 0 spiro atoms. The van der Waals surface area contributed by atoms with Gasteiger partial charge in [-0.3, -0.25) is 5.71 Å². The number of rotatable bonds is 1. The zero-order chi connectivity index (χ0) is 13.8. The molecule has 0 bridgehead atoms. The molecule has 0 heterocycles. The molecule has 1 aromatic carbocycles. The Morgan fingerprint density at radius 2 is 1.20 bits per heavy atom. The third kappa shape index (κ3) is 10.5. The van der Waals surface area contributed by atoms with Gasteiger partial charge < -0.3 is 5.41 Å². The minimum atomic E-state index is 0. The molecule has 0 N–H and O–H groups in total. The Balaban J connectivity index is 0.000000282. The topological polar surface area (TPSA) is 22.3 Å². The first-order valence-electron chi connectivity index (χ1n) is 6.13. The van der Waals surface area contributed by atoms with Gasteiger partial charge in [-0.15, -0.1) is 30.3 Å². The smallest absolute Gasteiger partial charge is 0.859 e. The van der Waals surface area contributed by atoms with E-state index < -0.39 is 0 Å². The average molecular weight is 339 g/mol. The molecule has 10 radical (unpaired) electrons. The van der Waals surface area contributed by atoms with Crippen molar-refractivity contribution in [1.29, 1.82) is 0 Å². The maximum atomic E-state index is 8.91. The third-order valence-electron chi connectivity index (χ3n) is 2.21. The van der Waals surface area contributed by atoms with Crippen molar-refractivity contribution in [3.05, 3.63) is 106 Å². The first kappa shape index (κ1) is 19.8. The molecule has 3 rings (SSSR count). The van der Waals surface area contributed by atoms with E-state index >= 15 is 0 Å². The van der Waals surface area contributed by atoms with Crippen molar-refractivity contribution < 1.29 is 26.2 Å². The Morgan fingerprint density at radius 1 is 0.800 bits per heavy atom. The maximum absolute atomic E-state index is 8.91. The van der Waals surface area contributed by atoms with Crippen LogP contribution in [0.25, 0.3) is 5.41 Å². The van der Waals surface area contributed by atoms with Gasteiger partial charge >= 0.3 is 26.2 Å². The molecule has 1 nitrogen and oxygen atoms in total. The standard InChI is InChI=1S/C8H7N.2C5H5.Zr/c1-7(9)8-5-3-2-4-6-8;2*1-2-4-5-3-1;/h2-5H,1H3;2*1-5H;/q-2;;;+2. The summed E-state index contributed by atoms with van der Waals surface area (Å²) in [7, 11) is 0. The van der Waals surface area contributed by atoms with Crippen LogP contribution in [0.4, 0.5) is 0 Å². The van der Waals surface area contributed by atoms with Crippen LogP contribution in [0.2, 0.25) is 0 Å². The molecular formula is C18H17NZr. The summed E-state index contributed by atoms with van der Waals surface area (Å²) < 4.78 is 0. The molecule has 0 amide bonds. The number of hydrogen-bond acceptors (Lipinski definition) is 0. The van der Waals surface area contributed by atoms with Crippen molar-refractivity contribution in [3.63, 3.8) is 0 Å². The van der Waals surface area contributed by atoms with Crippen LogP contribution >= 0.6 is 0 Å². The van der Waals surface area contributed by atoms with Crippen molar-refractivity contribution in [1.82, 2.24) is 0 Å². The van der Waals surface area contributed by atoms with Gasteiger partial charge in [0, 0.05) is 0 Å². The average Bonchev–Trinajstić information content (AvgIpc) is 3.18. The molecule has 2 heteroatoms. The van der Waals surface area contributed by atoms with E-state index in [1.807, 2.05) is 82.4 Å². The van der Waals surface area contributed by atoms with Crippen LogP contribution in [-0.2, 0) is 26.2 Å². The molecule has 1 aromatic rings. The van der Waals surface area contributed by atoms with Gasteiger partial charge in [0.1, 0.15) is 0 Å². The fourth-order valence-electron chi connectivity index (χ4n) is 1.26. The van der Waals surface area contributed by atoms with Gasteiger partial charge in [-0.2, -0.15) is 5.56 Å². The number of hydrogen-bond donors (Lipinski definition) is 0. The molecule has 98 valence electrons. The molecule has 0 aliphatic heterocycles. The summed E-state index contributed by atoms with van der Waals surface area (Å²) in [5.74, 6) is 0. The van der Waals surface area contributed by atoms with E-state index in [4.69, 9.17) is 5.41 Å². The SMILES string of the molecule is CC(=[N-])c1[c-]cccc1.[CH]1[CH][CH][CH][CH]1.[CH]1[CH][CH][CH][CH]1.[Zr+2]. The second-order valence-electron chi connectivity index (χ2n) is 3.79. The van der Waals surface area contributed by atoms with Crippen LogP contribution < -0.4 is 0 Å². The zero-order valence-electron chi connectivity index (χ0n) is 11.5. The summed E-state index contributed by atoms with van der Waals surface area (Å²) in [5, 5.41) is 8.91. The number of benzene rings is 1. The minimum Gasteiger partial charge on any atom is -0.859 e. The molecule has 2 saturated carbocycles. The van der Waals surface area contributed by atoms with Gasteiger partial charge in [0.05, 0.1) is 0 Å². The molecule has 2 aliphatic carbocycles. The third-order valence-corrected chi connectivity index (χ3v) is 2.21. The predicted octanol–water partition coefficient (Wildman–Crippen LogP) is 3.91. The monoisotopic (exact) mass is 337 g/mol. The van der Waals surface area contributed by atoms with Crippen molar-refractivity contribution in [3.8, 4) is 0 Å². The summed E-state index contributed by atoms with van der Waals surface area (Å²) in [4.78, 5) is 0. The van der Waals surface area contributed by atoms with Gasteiger partial charge in [0.2, 0.25) is 0 Å². The fourth-order valence-corrected chi connectivity index (χ4v) is 1.26.